The van der Waals surface area contributed by atoms with E-state index in [0.717, 1.165) is 5.69 Å². The van der Waals surface area contributed by atoms with Crippen LogP contribution in [-0.2, 0) is 4.74 Å². The van der Waals surface area contributed by atoms with Crippen molar-refractivity contribution in [3.8, 4) is 11.5 Å². The Balaban J connectivity index is 0.00000729. The molecule has 1 aromatic carbocycles. The fourth-order valence-corrected chi connectivity index (χ4v) is 2.10. The molecule has 0 saturated heterocycles. The van der Waals surface area contributed by atoms with Gasteiger partial charge >= 0.3 is 6.09 Å². The van der Waals surface area contributed by atoms with Gasteiger partial charge in [0.2, 0.25) is 0 Å². The Kier molecular flexibility index (Phi) is 11.7. The molecular formula is C19H33IN4O4. The fraction of sp³-hybridized carbons (Fsp3) is 0.579. The standard InChI is InChI=1S/C19H32N4O4.HI/c1-8-20-17(21-11-12-23(5)18(24)27-19(2,3)4)22-14-9-10-15(25-6)16(13-14)26-7;/h9-10,13H,8,11-12H2,1-7H3,(H2,20,21,22);1H. The molecule has 0 bridgehead atoms. The van der Waals surface area contributed by atoms with E-state index in [2.05, 4.69) is 15.6 Å². The summed E-state index contributed by atoms with van der Waals surface area (Å²) >= 11 is 0. The predicted octanol–water partition coefficient (Wildman–Crippen LogP) is 3.57. The lowest BCUT2D eigenvalue weighted by molar-refractivity contribution is 0.0304. The highest BCUT2D eigenvalue weighted by molar-refractivity contribution is 14.0. The Morgan fingerprint density at radius 3 is 2.36 bits per heavy atom. The van der Waals surface area contributed by atoms with E-state index in [1.54, 1.807) is 21.3 Å². The van der Waals surface area contributed by atoms with Crippen molar-refractivity contribution in [3.05, 3.63) is 18.2 Å². The first-order chi connectivity index (χ1) is 12.7. The van der Waals surface area contributed by atoms with Crippen molar-refractivity contribution < 1.29 is 19.0 Å². The minimum absolute atomic E-state index is 0. The molecule has 0 aliphatic carbocycles. The van der Waals surface area contributed by atoms with Gasteiger partial charge in [0.25, 0.3) is 0 Å². The molecule has 0 fully saturated rings. The van der Waals surface area contributed by atoms with E-state index >= 15 is 0 Å². The predicted molar refractivity (Wildman–Crippen MR) is 123 cm³/mol. The van der Waals surface area contributed by atoms with Crippen LogP contribution in [0.5, 0.6) is 11.5 Å². The van der Waals surface area contributed by atoms with Gasteiger partial charge in [0.15, 0.2) is 17.5 Å². The SMILES string of the molecule is CCNC(=NCCN(C)C(=O)OC(C)(C)C)Nc1ccc(OC)c(OC)c1.I. The quantitative estimate of drug-likeness (QED) is 0.333. The molecule has 1 rings (SSSR count). The van der Waals surface area contributed by atoms with Crippen molar-refractivity contribution in [2.24, 2.45) is 4.99 Å². The minimum Gasteiger partial charge on any atom is -0.493 e. The van der Waals surface area contributed by atoms with Gasteiger partial charge in [-0.2, -0.15) is 0 Å². The van der Waals surface area contributed by atoms with Crippen molar-refractivity contribution in [2.75, 3.05) is 46.2 Å². The van der Waals surface area contributed by atoms with E-state index < -0.39 is 5.60 Å². The molecule has 0 radical (unpaired) electrons. The van der Waals surface area contributed by atoms with Crippen molar-refractivity contribution in [1.29, 1.82) is 0 Å². The molecule has 28 heavy (non-hydrogen) atoms. The second-order valence-corrected chi connectivity index (χ2v) is 6.86. The van der Waals surface area contributed by atoms with Gasteiger partial charge in [0.05, 0.1) is 20.8 Å². The first-order valence-electron chi connectivity index (χ1n) is 8.91. The number of rotatable bonds is 7. The molecule has 9 heteroatoms. The maximum Gasteiger partial charge on any atom is 0.410 e. The lowest BCUT2D eigenvalue weighted by Gasteiger charge is -2.24. The van der Waals surface area contributed by atoms with E-state index in [-0.39, 0.29) is 30.1 Å². The summed E-state index contributed by atoms with van der Waals surface area (Å²) in [6.45, 7) is 9.09. The molecule has 0 heterocycles. The maximum absolute atomic E-state index is 12.0. The van der Waals surface area contributed by atoms with Gasteiger partial charge < -0.3 is 29.7 Å². The third-order valence-electron chi connectivity index (χ3n) is 3.40. The number of likely N-dealkylation sites (N-methyl/N-ethyl adjacent to an activating group) is 1. The summed E-state index contributed by atoms with van der Waals surface area (Å²) in [6, 6.07) is 5.53. The van der Waals surface area contributed by atoms with E-state index in [4.69, 9.17) is 14.2 Å². The van der Waals surface area contributed by atoms with E-state index in [1.807, 2.05) is 45.9 Å². The summed E-state index contributed by atoms with van der Waals surface area (Å²) in [6.07, 6.45) is -0.365. The summed E-state index contributed by atoms with van der Waals surface area (Å²) in [4.78, 5) is 18.0. The molecule has 0 aliphatic rings. The van der Waals surface area contributed by atoms with Crippen LogP contribution in [0.3, 0.4) is 0 Å². The van der Waals surface area contributed by atoms with Crippen LogP contribution < -0.4 is 20.1 Å². The number of aliphatic imine (C=N–C) groups is 1. The number of nitrogens with one attached hydrogen (secondary N) is 2. The van der Waals surface area contributed by atoms with Crippen LogP contribution in [0.4, 0.5) is 10.5 Å². The van der Waals surface area contributed by atoms with Gasteiger partial charge in [0.1, 0.15) is 5.60 Å². The van der Waals surface area contributed by atoms with Crippen LogP contribution >= 0.6 is 24.0 Å². The van der Waals surface area contributed by atoms with E-state index in [9.17, 15) is 4.79 Å². The van der Waals surface area contributed by atoms with Crippen LogP contribution in [-0.4, -0.2) is 63.5 Å². The molecule has 1 amide bonds. The normalized spacial score (nSPS) is 11.2. The van der Waals surface area contributed by atoms with Gasteiger partial charge in [0, 0.05) is 31.9 Å². The molecule has 1 aromatic rings. The third-order valence-corrected chi connectivity index (χ3v) is 3.40. The highest BCUT2D eigenvalue weighted by Gasteiger charge is 2.19. The number of hydrogen-bond donors (Lipinski definition) is 2. The number of carbonyl (C=O) groups is 1. The smallest absolute Gasteiger partial charge is 0.410 e. The van der Waals surface area contributed by atoms with Crippen LogP contribution in [0.25, 0.3) is 0 Å². The third kappa shape index (κ3) is 9.34. The molecule has 0 atom stereocenters. The van der Waals surface area contributed by atoms with Crippen molar-refractivity contribution in [1.82, 2.24) is 10.2 Å². The molecule has 0 spiro atoms. The van der Waals surface area contributed by atoms with Crippen molar-refractivity contribution >= 4 is 41.7 Å². The second-order valence-electron chi connectivity index (χ2n) is 6.86. The van der Waals surface area contributed by atoms with Crippen molar-refractivity contribution in [2.45, 2.75) is 33.3 Å². The summed E-state index contributed by atoms with van der Waals surface area (Å²) in [5, 5.41) is 6.39. The molecule has 0 aromatic heterocycles. The van der Waals surface area contributed by atoms with Crippen LogP contribution in [0.15, 0.2) is 23.2 Å². The van der Waals surface area contributed by atoms with Gasteiger partial charge in [-0.05, 0) is 39.8 Å². The number of carbonyl (C=O) groups excluding carboxylic acids is 1. The zero-order chi connectivity index (χ0) is 20.4. The van der Waals surface area contributed by atoms with E-state index in [0.29, 0.717) is 37.1 Å². The summed E-state index contributed by atoms with van der Waals surface area (Å²) in [7, 11) is 4.88. The zero-order valence-electron chi connectivity index (χ0n) is 17.8. The lowest BCUT2D eigenvalue weighted by Crippen LogP contribution is -2.36. The average molecular weight is 508 g/mol. The monoisotopic (exact) mass is 508 g/mol. The van der Waals surface area contributed by atoms with E-state index in [1.165, 1.54) is 4.90 Å². The van der Waals surface area contributed by atoms with Crippen LogP contribution in [0.2, 0.25) is 0 Å². The maximum atomic E-state index is 12.0. The zero-order valence-corrected chi connectivity index (χ0v) is 20.1. The molecule has 0 aliphatic heterocycles. The molecular weight excluding hydrogens is 475 g/mol. The number of guanidine groups is 1. The Morgan fingerprint density at radius 1 is 1.18 bits per heavy atom. The topological polar surface area (TPSA) is 84.4 Å². The largest absolute Gasteiger partial charge is 0.493 e. The number of anilines is 1. The van der Waals surface area contributed by atoms with Crippen molar-refractivity contribution in [3.63, 3.8) is 0 Å². The second kappa shape index (κ2) is 12.5. The highest BCUT2D eigenvalue weighted by atomic mass is 127. The Labute approximate surface area is 185 Å². The molecule has 160 valence electrons. The summed E-state index contributed by atoms with van der Waals surface area (Å²) < 4.78 is 15.9. The fourth-order valence-electron chi connectivity index (χ4n) is 2.10. The van der Waals surface area contributed by atoms with Gasteiger partial charge in [-0.25, -0.2) is 4.79 Å². The molecule has 0 unspecified atom stereocenters. The number of amides is 1. The first kappa shape index (κ1) is 26.1. The number of nitrogens with zero attached hydrogens (tertiary/aromatic N) is 2. The number of ether oxygens (including phenoxy) is 3. The van der Waals surface area contributed by atoms with Gasteiger partial charge in [-0.15, -0.1) is 24.0 Å². The number of benzene rings is 1. The first-order valence-corrected chi connectivity index (χ1v) is 8.91. The molecule has 8 nitrogen and oxygen atoms in total. The number of hydrogen-bond acceptors (Lipinski definition) is 5. The Hall–Kier alpha value is -1.91. The summed E-state index contributed by atoms with van der Waals surface area (Å²) in [5.74, 6) is 1.90. The van der Waals surface area contributed by atoms with Crippen LogP contribution in [0.1, 0.15) is 27.7 Å². The number of halogens is 1. The lowest BCUT2D eigenvalue weighted by atomic mass is 10.2. The number of methoxy groups -OCH3 is 2. The molecule has 0 saturated carbocycles. The van der Waals surface area contributed by atoms with Gasteiger partial charge in [-0.1, -0.05) is 0 Å². The van der Waals surface area contributed by atoms with Gasteiger partial charge in [-0.3, -0.25) is 4.99 Å². The summed E-state index contributed by atoms with van der Waals surface area (Å²) in [5.41, 5.74) is 0.297. The van der Waals surface area contributed by atoms with Crippen LogP contribution in [0, 0.1) is 0 Å². The highest BCUT2D eigenvalue weighted by Crippen LogP contribution is 2.29. The Morgan fingerprint density at radius 2 is 1.82 bits per heavy atom. The minimum atomic E-state index is -0.515. The average Bonchev–Trinajstić information content (AvgIpc) is 2.60. The Bertz CT molecular complexity index is 647. The molecule has 2 N–H and O–H groups in total.